The normalized spacial score (nSPS) is 10.9. The molecule has 0 aliphatic rings. The van der Waals surface area contributed by atoms with Crippen LogP contribution in [0, 0.1) is 6.92 Å². The fourth-order valence-electron chi connectivity index (χ4n) is 2.39. The molecule has 0 aliphatic carbocycles. The fraction of sp³-hybridized carbons (Fsp3) is 0.0625. The summed E-state index contributed by atoms with van der Waals surface area (Å²) in [6.07, 6.45) is 3.15. The van der Waals surface area contributed by atoms with Crippen molar-refractivity contribution in [2.75, 3.05) is 5.32 Å². The van der Waals surface area contributed by atoms with Gasteiger partial charge < -0.3 is 0 Å². The number of fused-ring (bicyclic) bond motifs is 1. The maximum Gasteiger partial charge on any atom is 0.347 e. The molecule has 1 amide bonds. The van der Waals surface area contributed by atoms with E-state index in [9.17, 15) is 9.59 Å². The topological polar surface area (TPSA) is 105 Å². The number of thiazole rings is 1. The van der Waals surface area contributed by atoms with Crippen LogP contribution in [0.4, 0.5) is 5.13 Å². The first-order chi connectivity index (χ1) is 12.1. The van der Waals surface area contributed by atoms with Gasteiger partial charge in [-0.15, -0.1) is 0 Å². The maximum absolute atomic E-state index is 12.4. The summed E-state index contributed by atoms with van der Waals surface area (Å²) < 4.78 is 1.28. The highest BCUT2D eigenvalue weighted by Crippen LogP contribution is 2.31. The van der Waals surface area contributed by atoms with Gasteiger partial charge in [-0.05, 0) is 31.2 Å². The lowest BCUT2D eigenvalue weighted by molar-refractivity contribution is 0.102. The summed E-state index contributed by atoms with van der Waals surface area (Å²) in [5, 5.41) is 9.39. The fourth-order valence-corrected chi connectivity index (χ4v) is 3.33. The van der Waals surface area contributed by atoms with Crippen LogP contribution in [0.3, 0.4) is 0 Å². The third-order valence-corrected chi connectivity index (χ3v) is 4.68. The van der Waals surface area contributed by atoms with Crippen molar-refractivity contribution in [3.63, 3.8) is 0 Å². The van der Waals surface area contributed by atoms with E-state index in [2.05, 4.69) is 25.5 Å². The second-order valence-corrected chi connectivity index (χ2v) is 6.28. The Hall–Kier alpha value is -3.33. The lowest BCUT2D eigenvalue weighted by Crippen LogP contribution is -2.15. The summed E-state index contributed by atoms with van der Waals surface area (Å²) >= 11 is 1.35. The molecule has 2 N–H and O–H groups in total. The molecule has 0 spiro atoms. The average Bonchev–Trinajstić information content (AvgIpc) is 3.18. The number of aryl methyl sites for hydroxylation is 1. The van der Waals surface area contributed by atoms with Crippen LogP contribution in [0.2, 0.25) is 0 Å². The molecule has 0 saturated heterocycles. The quantitative estimate of drug-likeness (QED) is 0.587. The zero-order valence-corrected chi connectivity index (χ0v) is 13.9. The highest BCUT2D eigenvalue weighted by molar-refractivity contribution is 7.19. The predicted octanol–water partition coefficient (Wildman–Crippen LogP) is 2.10. The minimum absolute atomic E-state index is 0.336. The van der Waals surface area contributed by atoms with E-state index in [-0.39, 0.29) is 5.91 Å². The highest BCUT2D eigenvalue weighted by Gasteiger charge is 2.14. The molecule has 4 aromatic rings. The summed E-state index contributed by atoms with van der Waals surface area (Å²) in [5.41, 5.74) is 1.99. The van der Waals surface area contributed by atoms with Crippen LogP contribution < -0.4 is 11.0 Å². The number of anilines is 1. The van der Waals surface area contributed by atoms with Crippen LogP contribution in [0.1, 0.15) is 16.1 Å². The van der Waals surface area contributed by atoms with Gasteiger partial charge in [0.15, 0.2) is 10.8 Å². The minimum atomic E-state index is -0.396. The lowest BCUT2D eigenvalue weighted by atomic mass is 10.2. The number of amides is 1. The van der Waals surface area contributed by atoms with E-state index in [0.29, 0.717) is 16.3 Å². The number of H-pyrrole nitrogens is 1. The Morgan fingerprint density at radius 1 is 1.28 bits per heavy atom. The highest BCUT2D eigenvalue weighted by atomic mass is 32.1. The zero-order chi connectivity index (χ0) is 17.4. The van der Waals surface area contributed by atoms with Crippen LogP contribution in [0.25, 0.3) is 16.2 Å². The van der Waals surface area contributed by atoms with Crippen LogP contribution in [0.5, 0.6) is 0 Å². The second-order valence-electron chi connectivity index (χ2n) is 5.28. The van der Waals surface area contributed by atoms with Crippen molar-refractivity contribution in [1.82, 2.24) is 24.6 Å². The number of nitrogens with zero attached hydrogens (tertiary/aromatic N) is 4. The van der Waals surface area contributed by atoms with Gasteiger partial charge in [-0.2, -0.15) is 5.10 Å². The molecule has 4 rings (SSSR count). The summed E-state index contributed by atoms with van der Waals surface area (Å²) in [6, 6.07) is 8.84. The molecule has 124 valence electrons. The second kappa shape index (κ2) is 5.95. The first kappa shape index (κ1) is 15.2. The number of aromatic amines is 1. The first-order valence-corrected chi connectivity index (χ1v) is 8.20. The van der Waals surface area contributed by atoms with E-state index in [1.165, 1.54) is 21.9 Å². The molecule has 0 fully saturated rings. The Balaban J connectivity index is 1.62. The third kappa shape index (κ3) is 2.81. The first-order valence-electron chi connectivity index (χ1n) is 7.39. The van der Waals surface area contributed by atoms with Crippen LogP contribution in [-0.2, 0) is 0 Å². The lowest BCUT2D eigenvalue weighted by Gasteiger charge is -2.01. The predicted molar refractivity (Wildman–Crippen MR) is 93.8 cm³/mol. The summed E-state index contributed by atoms with van der Waals surface area (Å²) in [7, 11) is 0. The average molecular weight is 352 g/mol. The van der Waals surface area contributed by atoms with E-state index in [4.69, 9.17) is 0 Å². The van der Waals surface area contributed by atoms with Gasteiger partial charge in [0.2, 0.25) is 0 Å². The van der Waals surface area contributed by atoms with Crippen molar-refractivity contribution in [2.45, 2.75) is 6.92 Å². The molecule has 8 nitrogen and oxygen atoms in total. The molecular weight excluding hydrogens is 340 g/mol. The van der Waals surface area contributed by atoms with Crippen molar-refractivity contribution >= 4 is 28.0 Å². The van der Waals surface area contributed by atoms with E-state index in [1.807, 2.05) is 25.1 Å². The van der Waals surface area contributed by atoms with Gasteiger partial charge in [-0.1, -0.05) is 17.4 Å². The molecule has 0 unspecified atom stereocenters. The van der Waals surface area contributed by atoms with Crippen molar-refractivity contribution in [2.24, 2.45) is 0 Å². The van der Waals surface area contributed by atoms with Gasteiger partial charge in [0, 0.05) is 12.4 Å². The van der Waals surface area contributed by atoms with Crippen molar-refractivity contribution in [1.29, 1.82) is 0 Å². The van der Waals surface area contributed by atoms with Gasteiger partial charge in [0.25, 0.3) is 5.91 Å². The Morgan fingerprint density at radius 3 is 2.96 bits per heavy atom. The maximum atomic E-state index is 12.4. The molecule has 0 radical (unpaired) electrons. The Kier molecular flexibility index (Phi) is 3.62. The van der Waals surface area contributed by atoms with Crippen molar-refractivity contribution in [3.05, 3.63) is 64.5 Å². The number of carbonyl (C=O) groups is 1. The minimum Gasteiger partial charge on any atom is -0.298 e. The van der Waals surface area contributed by atoms with Gasteiger partial charge in [0.1, 0.15) is 0 Å². The number of hydrogen-bond donors (Lipinski definition) is 2. The molecule has 9 heteroatoms. The summed E-state index contributed by atoms with van der Waals surface area (Å²) in [4.78, 5) is 33.6. The number of pyridine rings is 2. The smallest absolute Gasteiger partial charge is 0.298 e. The van der Waals surface area contributed by atoms with Gasteiger partial charge >= 0.3 is 5.69 Å². The zero-order valence-electron chi connectivity index (χ0n) is 13.1. The van der Waals surface area contributed by atoms with Gasteiger partial charge in [-0.25, -0.2) is 19.3 Å². The molecule has 0 bridgehead atoms. The molecule has 0 aromatic carbocycles. The van der Waals surface area contributed by atoms with Crippen LogP contribution in [-0.4, -0.2) is 30.5 Å². The molecule has 4 aromatic heterocycles. The Bertz CT molecular complexity index is 1130. The van der Waals surface area contributed by atoms with E-state index in [0.717, 1.165) is 16.3 Å². The number of carbonyl (C=O) groups excluding carboxylic acids is 1. The molecule has 25 heavy (non-hydrogen) atoms. The van der Waals surface area contributed by atoms with Gasteiger partial charge in [0.05, 0.1) is 21.8 Å². The molecule has 4 heterocycles. The van der Waals surface area contributed by atoms with Crippen LogP contribution in [0.15, 0.2) is 47.5 Å². The summed E-state index contributed by atoms with van der Waals surface area (Å²) in [5.74, 6) is -0.351. The molecule has 0 aliphatic heterocycles. The SMILES string of the molecule is Cc1nc(NC(=O)c2ccc3n[nH]c(=O)n3c2)sc1-c1ccccn1. The van der Waals surface area contributed by atoms with Crippen molar-refractivity contribution in [3.8, 4) is 10.6 Å². The Labute approximate surface area is 145 Å². The molecule has 0 saturated carbocycles. The van der Waals surface area contributed by atoms with E-state index in [1.54, 1.807) is 18.3 Å². The van der Waals surface area contributed by atoms with Crippen molar-refractivity contribution < 1.29 is 4.79 Å². The number of nitrogens with one attached hydrogen (secondary N) is 2. The number of aromatic nitrogens is 5. The standard InChI is InChI=1S/C16H12N6O2S/c1-9-13(11-4-2-3-7-17-11)25-15(18-9)19-14(23)10-5-6-12-20-21-16(24)22(12)8-10/h2-8H,1H3,(H,21,24)(H,18,19,23). The van der Waals surface area contributed by atoms with Crippen LogP contribution >= 0.6 is 11.3 Å². The van der Waals surface area contributed by atoms with E-state index < -0.39 is 5.69 Å². The third-order valence-electron chi connectivity index (χ3n) is 3.59. The monoisotopic (exact) mass is 352 g/mol. The van der Waals surface area contributed by atoms with E-state index >= 15 is 0 Å². The van der Waals surface area contributed by atoms with Gasteiger partial charge in [-0.3, -0.25) is 15.1 Å². The largest absolute Gasteiger partial charge is 0.347 e. The number of hydrogen-bond acceptors (Lipinski definition) is 6. The molecule has 0 atom stereocenters. The summed E-state index contributed by atoms with van der Waals surface area (Å²) in [6.45, 7) is 1.87. The molecular formula is C16H12N6O2S. The Morgan fingerprint density at radius 2 is 2.16 bits per heavy atom. The number of rotatable bonds is 3.